The summed E-state index contributed by atoms with van der Waals surface area (Å²) in [7, 11) is 3.63. The van der Waals surface area contributed by atoms with Crippen molar-refractivity contribution in [1.82, 2.24) is 15.2 Å². The largest absolute Gasteiger partial charge is 0.573 e. The Balaban J connectivity index is 0.00000364. The Bertz CT molecular complexity index is 735. The minimum absolute atomic E-state index is 0. The van der Waals surface area contributed by atoms with Gasteiger partial charge in [-0.25, -0.2) is 4.98 Å². The highest BCUT2D eigenvalue weighted by Crippen LogP contribution is 2.22. The lowest BCUT2D eigenvalue weighted by molar-refractivity contribution is -0.274. The molecule has 1 heterocycles. The molecule has 0 atom stereocenters. The van der Waals surface area contributed by atoms with Crippen LogP contribution in [0.2, 0.25) is 0 Å². The Hall–Kier alpha value is -1.56. The molecule has 1 N–H and O–H groups in total. The highest BCUT2D eigenvalue weighted by Gasteiger charge is 2.30. The molecule has 0 aliphatic carbocycles. The van der Waals surface area contributed by atoms with Crippen LogP contribution in [0, 0.1) is 6.92 Å². The number of hydrogen-bond acceptors (Lipinski definition) is 4. The van der Waals surface area contributed by atoms with E-state index in [-0.39, 0.29) is 29.7 Å². The van der Waals surface area contributed by atoms with Gasteiger partial charge in [-0.15, -0.1) is 48.5 Å². The topological polar surface area (TPSA) is 49.8 Å². The summed E-state index contributed by atoms with van der Waals surface area (Å²) >= 11 is 1.61. The lowest BCUT2D eigenvalue weighted by atomic mass is 10.1. The molecule has 0 saturated carbocycles. The number of guanidine groups is 1. The third-order valence-electron chi connectivity index (χ3n) is 3.49. The number of nitrogens with one attached hydrogen (secondary N) is 1. The van der Waals surface area contributed by atoms with Gasteiger partial charge in [0.1, 0.15) is 5.75 Å². The van der Waals surface area contributed by atoms with E-state index in [1.54, 1.807) is 30.5 Å². The average Bonchev–Trinajstić information content (AvgIpc) is 2.96. The molecule has 5 nitrogen and oxygen atoms in total. The van der Waals surface area contributed by atoms with E-state index in [1.165, 1.54) is 12.1 Å². The van der Waals surface area contributed by atoms with Crippen LogP contribution in [-0.4, -0.2) is 42.8 Å². The van der Waals surface area contributed by atoms with E-state index in [9.17, 15) is 13.2 Å². The maximum absolute atomic E-state index is 12.2. The number of hydrogen-bond donors (Lipinski definition) is 1. The Labute approximate surface area is 177 Å². The fourth-order valence-electron chi connectivity index (χ4n) is 2.36. The van der Waals surface area contributed by atoms with Crippen molar-refractivity contribution in [2.75, 3.05) is 20.6 Å². The molecule has 2 rings (SSSR count). The van der Waals surface area contributed by atoms with Crippen LogP contribution in [0.1, 0.15) is 16.3 Å². The summed E-state index contributed by atoms with van der Waals surface area (Å²) in [6.45, 7) is 3.21. The molecule has 0 spiro atoms. The third-order valence-corrected chi connectivity index (χ3v) is 4.32. The molecule has 0 amide bonds. The molecular formula is C17H22F3IN4OS. The van der Waals surface area contributed by atoms with E-state index in [2.05, 4.69) is 20.0 Å². The molecule has 1 aromatic heterocycles. The minimum Gasteiger partial charge on any atom is -0.406 e. The number of rotatable bonds is 6. The van der Waals surface area contributed by atoms with Gasteiger partial charge in [-0.3, -0.25) is 4.99 Å². The fourth-order valence-corrected chi connectivity index (χ4v) is 2.96. The predicted molar refractivity (Wildman–Crippen MR) is 112 cm³/mol. The van der Waals surface area contributed by atoms with Gasteiger partial charge in [-0.2, -0.15) is 0 Å². The molecule has 2 aromatic rings. The van der Waals surface area contributed by atoms with Crippen molar-refractivity contribution in [3.8, 4) is 5.75 Å². The van der Waals surface area contributed by atoms with E-state index in [1.807, 2.05) is 24.3 Å². The second kappa shape index (κ2) is 10.7. The zero-order chi connectivity index (χ0) is 19.2. The maximum atomic E-state index is 12.2. The van der Waals surface area contributed by atoms with Gasteiger partial charge in [0.2, 0.25) is 0 Å². The second-order valence-electron chi connectivity index (χ2n) is 5.63. The number of thiazole rings is 1. The van der Waals surface area contributed by atoms with Crippen LogP contribution in [0.3, 0.4) is 0 Å². The van der Waals surface area contributed by atoms with Gasteiger partial charge < -0.3 is 15.0 Å². The monoisotopic (exact) mass is 514 g/mol. The summed E-state index contributed by atoms with van der Waals surface area (Å²) < 4.78 is 40.3. The molecule has 0 unspecified atom stereocenters. The van der Waals surface area contributed by atoms with Crippen molar-refractivity contribution >= 4 is 41.3 Å². The molecule has 0 aliphatic heterocycles. The highest BCUT2D eigenvalue weighted by atomic mass is 127. The summed E-state index contributed by atoms with van der Waals surface area (Å²) in [6, 6.07) is 5.86. The van der Waals surface area contributed by atoms with Gasteiger partial charge in [0.15, 0.2) is 5.96 Å². The van der Waals surface area contributed by atoms with Gasteiger partial charge >= 0.3 is 6.36 Å². The van der Waals surface area contributed by atoms with E-state index >= 15 is 0 Å². The Morgan fingerprint density at radius 3 is 2.48 bits per heavy atom. The van der Waals surface area contributed by atoms with E-state index in [0.717, 1.165) is 22.2 Å². The van der Waals surface area contributed by atoms with Crippen molar-refractivity contribution in [2.45, 2.75) is 26.3 Å². The highest BCUT2D eigenvalue weighted by molar-refractivity contribution is 14.0. The van der Waals surface area contributed by atoms with Gasteiger partial charge in [0.05, 0.1) is 17.2 Å². The first-order valence-electron chi connectivity index (χ1n) is 7.94. The summed E-state index contributed by atoms with van der Waals surface area (Å²) in [5.74, 6) is 0.510. The van der Waals surface area contributed by atoms with Crippen LogP contribution in [-0.2, 0) is 13.0 Å². The summed E-state index contributed by atoms with van der Waals surface area (Å²) in [4.78, 5) is 10.6. The normalized spacial score (nSPS) is 11.7. The first kappa shape index (κ1) is 23.5. The molecule has 0 fully saturated rings. The SMILES string of the molecule is CN=C(NCCc1ccc(OC(F)(F)F)cc1)N(C)Cc1csc(C)n1.I. The number of aryl methyl sites for hydroxylation is 1. The molecule has 0 aliphatic rings. The molecule has 150 valence electrons. The van der Waals surface area contributed by atoms with Crippen LogP contribution < -0.4 is 10.1 Å². The molecule has 0 radical (unpaired) electrons. The molecule has 0 bridgehead atoms. The number of nitrogens with zero attached hydrogens (tertiary/aromatic N) is 3. The smallest absolute Gasteiger partial charge is 0.406 e. The molecular weight excluding hydrogens is 492 g/mol. The van der Waals surface area contributed by atoms with Crippen molar-refractivity contribution in [2.24, 2.45) is 4.99 Å². The fraction of sp³-hybridized carbons (Fsp3) is 0.412. The van der Waals surface area contributed by atoms with Gasteiger partial charge in [-0.05, 0) is 31.0 Å². The standard InChI is InChI=1S/C17H21F3N4OS.HI/c1-12-23-14(11-26-12)10-24(3)16(21-2)22-9-8-13-4-6-15(7-5-13)25-17(18,19)20;/h4-7,11H,8-10H2,1-3H3,(H,21,22);1H. The van der Waals surface area contributed by atoms with Crippen LogP contribution in [0.4, 0.5) is 13.2 Å². The van der Waals surface area contributed by atoms with Gasteiger partial charge in [0.25, 0.3) is 0 Å². The summed E-state index contributed by atoms with van der Waals surface area (Å²) in [5.41, 5.74) is 1.89. The Kier molecular flexibility index (Phi) is 9.30. The van der Waals surface area contributed by atoms with E-state index in [4.69, 9.17) is 0 Å². The second-order valence-corrected chi connectivity index (χ2v) is 6.69. The summed E-state index contributed by atoms with van der Waals surface area (Å²) in [6.07, 6.45) is -4.02. The lowest BCUT2D eigenvalue weighted by Gasteiger charge is -2.21. The predicted octanol–water partition coefficient (Wildman–Crippen LogP) is 4.22. The molecule has 0 saturated heterocycles. The van der Waals surface area contributed by atoms with E-state index in [0.29, 0.717) is 19.5 Å². The quantitative estimate of drug-likeness (QED) is 0.357. The number of alkyl halides is 3. The molecule has 27 heavy (non-hydrogen) atoms. The van der Waals surface area contributed by atoms with Crippen molar-refractivity contribution < 1.29 is 17.9 Å². The molecule has 1 aromatic carbocycles. The average molecular weight is 514 g/mol. The number of benzene rings is 1. The van der Waals surface area contributed by atoms with Crippen molar-refractivity contribution in [1.29, 1.82) is 0 Å². The first-order chi connectivity index (χ1) is 12.3. The number of ether oxygens (including phenoxy) is 1. The van der Waals surface area contributed by atoms with Gasteiger partial charge in [-0.1, -0.05) is 12.1 Å². The Morgan fingerprint density at radius 2 is 1.96 bits per heavy atom. The summed E-state index contributed by atoms with van der Waals surface area (Å²) in [5, 5.41) is 6.28. The lowest BCUT2D eigenvalue weighted by Crippen LogP contribution is -2.39. The number of aromatic nitrogens is 1. The number of aliphatic imine (C=N–C) groups is 1. The van der Waals surface area contributed by atoms with Crippen molar-refractivity contribution in [3.05, 3.63) is 45.9 Å². The van der Waals surface area contributed by atoms with E-state index < -0.39 is 6.36 Å². The zero-order valence-electron chi connectivity index (χ0n) is 15.2. The first-order valence-corrected chi connectivity index (χ1v) is 8.82. The molecule has 10 heteroatoms. The van der Waals surface area contributed by atoms with Crippen LogP contribution >= 0.6 is 35.3 Å². The zero-order valence-corrected chi connectivity index (χ0v) is 18.4. The van der Waals surface area contributed by atoms with Crippen LogP contribution in [0.15, 0.2) is 34.6 Å². The van der Waals surface area contributed by atoms with Gasteiger partial charge in [0, 0.05) is 26.0 Å². The Morgan fingerprint density at radius 1 is 1.30 bits per heavy atom. The number of halogens is 4. The minimum atomic E-state index is -4.67. The third kappa shape index (κ3) is 8.33. The van der Waals surface area contributed by atoms with Crippen LogP contribution in [0.5, 0.6) is 5.75 Å². The van der Waals surface area contributed by atoms with Crippen LogP contribution in [0.25, 0.3) is 0 Å². The maximum Gasteiger partial charge on any atom is 0.573 e. The van der Waals surface area contributed by atoms with Crippen molar-refractivity contribution in [3.63, 3.8) is 0 Å².